The first-order chi connectivity index (χ1) is 13.5. The summed E-state index contributed by atoms with van der Waals surface area (Å²) in [5.74, 6) is 0.350. The number of piperidine rings is 1. The van der Waals surface area contributed by atoms with E-state index in [1.165, 1.54) is 5.56 Å². The summed E-state index contributed by atoms with van der Waals surface area (Å²) in [5, 5.41) is 5.85. The quantitative estimate of drug-likeness (QED) is 0.717. The Morgan fingerprint density at radius 2 is 2.07 bits per heavy atom. The van der Waals surface area contributed by atoms with E-state index in [0.717, 1.165) is 29.4 Å². The molecule has 1 aliphatic heterocycles. The van der Waals surface area contributed by atoms with Crippen molar-refractivity contribution < 1.29 is 9.59 Å². The van der Waals surface area contributed by atoms with Gasteiger partial charge in [-0.3, -0.25) is 14.5 Å². The van der Waals surface area contributed by atoms with Crippen molar-refractivity contribution in [1.29, 1.82) is 0 Å². The average Bonchev–Trinajstić information content (AvgIpc) is 2.69. The lowest BCUT2D eigenvalue weighted by Crippen LogP contribution is -2.45. The molecule has 2 heterocycles. The van der Waals surface area contributed by atoms with Crippen LogP contribution in [0.15, 0.2) is 47.1 Å². The molecule has 2 N–H and O–H groups in total. The van der Waals surface area contributed by atoms with Gasteiger partial charge >= 0.3 is 0 Å². The van der Waals surface area contributed by atoms with Crippen molar-refractivity contribution in [3.8, 4) is 0 Å². The molecule has 0 spiro atoms. The Bertz CT molecular complexity index is 825. The maximum atomic E-state index is 12.5. The number of anilines is 1. The molecule has 148 valence electrons. The number of nitrogens with zero attached hydrogens (tertiary/aromatic N) is 2. The monoisotopic (exact) mass is 444 g/mol. The summed E-state index contributed by atoms with van der Waals surface area (Å²) < 4.78 is 0.867. The average molecular weight is 445 g/mol. The van der Waals surface area contributed by atoms with Crippen LogP contribution in [0.25, 0.3) is 0 Å². The SMILES string of the molecule is Cc1ccccc1CNC(=O)CN1CCCC(C(=O)Nc2ccc(Br)cn2)C1. The number of benzene rings is 1. The summed E-state index contributed by atoms with van der Waals surface area (Å²) >= 11 is 3.33. The van der Waals surface area contributed by atoms with Gasteiger partial charge < -0.3 is 10.6 Å². The van der Waals surface area contributed by atoms with Gasteiger partial charge in [0.05, 0.1) is 12.5 Å². The number of carbonyl (C=O) groups is 2. The molecule has 1 saturated heterocycles. The third-order valence-corrected chi connectivity index (χ3v) is 5.43. The third-order valence-electron chi connectivity index (χ3n) is 4.96. The zero-order chi connectivity index (χ0) is 19.9. The number of carbonyl (C=O) groups excluding carboxylic acids is 2. The zero-order valence-corrected chi connectivity index (χ0v) is 17.5. The number of likely N-dealkylation sites (tertiary alicyclic amines) is 1. The Morgan fingerprint density at radius 1 is 1.25 bits per heavy atom. The molecular formula is C21H25BrN4O2. The van der Waals surface area contributed by atoms with Gasteiger partial charge in [-0.15, -0.1) is 0 Å². The first-order valence-corrected chi connectivity index (χ1v) is 10.3. The minimum atomic E-state index is -0.136. The predicted octanol–water partition coefficient (Wildman–Crippen LogP) is 3.12. The van der Waals surface area contributed by atoms with Crippen LogP contribution in [0, 0.1) is 12.8 Å². The molecule has 0 radical (unpaired) electrons. The molecule has 7 heteroatoms. The van der Waals surface area contributed by atoms with Crippen molar-refractivity contribution >= 4 is 33.6 Å². The van der Waals surface area contributed by atoms with Crippen molar-refractivity contribution in [2.24, 2.45) is 5.92 Å². The predicted molar refractivity (Wildman–Crippen MR) is 113 cm³/mol. The summed E-state index contributed by atoms with van der Waals surface area (Å²) in [6.07, 6.45) is 3.38. The van der Waals surface area contributed by atoms with Crippen LogP contribution in [-0.2, 0) is 16.1 Å². The Kier molecular flexibility index (Phi) is 7.17. The third kappa shape index (κ3) is 5.87. The van der Waals surface area contributed by atoms with E-state index in [1.54, 1.807) is 12.3 Å². The highest BCUT2D eigenvalue weighted by Gasteiger charge is 2.27. The van der Waals surface area contributed by atoms with Crippen LogP contribution in [0.3, 0.4) is 0 Å². The molecule has 1 aromatic carbocycles. The van der Waals surface area contributed by atoms with Gasteiger partial charge in [0, 0.05) is 23.8 Å². The van der Waals surface area contributed by atoms with Crippen LogP contribution in [-0.4, -0.2) is 41.3 Å². The molecule has 3 rings (SSSR count). The van der Waals surface area contributed by atoms with Crippen molar-refractivity contribution in [3.05, 3.63) is 58.2 Å². The number of rotatable bonds is 6. The van der Waals surface area contributed by atoms with Crippen molar-refractivity contribution in [1.82, 2.24) is 15.2 Å². The minimum absolute atomic E-state index is 0.0149. The van der Waals surface area contributed by atoms with Gasteiger partial charge in [0.15, 0.2) is 0 Å². The molecule has 0 aliphatic carbocycles. The maximum Gasteiger partial charge on any atom is 0.234 e. The van der Waals surface area contributed by atoms with Gasteiger partial charge in [-0.05, 0) is 65.5 Å². The normalized spacial score (nSPS) is 17.1. The number of amides is 2. The zero-order valence-electron chi connectivity index (χ0n) is 16.0. The number of halogens is 1. The van der Waals surface area contributed by atoms with E-state index in [9.17, 15) is 9.59 Å². The van der Waals surface area contributed by atoms with E-state index in [4.69, 9.17) is 0 Å². The Labute approximate surface area is 173 Å². The molecule has 2 aromatic rings. The van der Waals surface area contributed by atoms with Crippen LogP contribution >= 0.6 is 15.9 Å². The fourth-order valence-corrected chi connectivity index (χ4v) is 3.59. The van der Waals surface area contributed by atoms with Gasteiger partial charge in [-0.1, -0.05) is 24.3 Å². The van der Waals surface area contributed by atoms with Crippen molar-refractivity contribution in [3.63, 3.8) is 0 Å². The lowest BCUT2D eigenvalue weighted by molar-refractivity contribution is -0.125. The highest BCUT2D eigenvalue weighted by atomic mass is 79.9. The van der Waals surface area contributed by atoms with Gasteiger partial charge in [0.1, 0.15) is 5.82 Å². The Morgan fingerprint density at radius 3 is 2.82 bits per heavy atom. The van der Waals surface area contributed by atoms with E-state index >= 15 is 0 Å². The van der Waals surface area contributed by atoms with E-state index in [2.05, 4.69) is 36.4 Å². The molecule has 0 saturated carbocycles. The summed E-state index contributed by atoms with van der Waals surface area (Å²) in [7, 11) is 0. The largest absolute Gasteiger partial charge is 0.351 e. The number of aryl methyl sites for hydroxylation is 1. The number of hydrogen-bond donors (Lipinski definition) is 2. The molecule has 2 amide bonds. The topological polar surface area (TPSA) is 74.3 Å². The summed E-state index contributed by atoms with van der Waals surface area (Å²) in [5.41, 5.74) is 2.29. The molecule has 28 heavy (non-hydrogen) atoms. The van der Waals surface area contributed by atoms with Crippen LogP contribution in [0.4, 0.5) is 5.82 Å². The number of nitrogens with one attached hydrogen (secondary N) is 2. The van der Waals surface area contributed by atoms with Gasteiger partial charge in [-0.25, -0.2) is 4.98 Å². The smallest absolute Gasteiger partial charge is 0.234 e. The van der Waals surface area contributed by atoms with E-state index < -0.39 is 0 Å². The molecule has 0 bridgehead atoms. The Hall–Kier alpha value is -2.25. The summed E-state index contributed by atoms with van der Waals surface area (Å²) in [4.78, 5) is 31.1. The standard InChI is InChI=1S/C21H25BrN4O2/c1-15-5-2-3-6-16(15)11-24-20(27)14-26-10-4-7-17(13-26)21(28)25-19-9-8-18(22)12-23-19/h2-3,5-6,8-9,12,17H,4,7,10-11,13-14H2,1H3,(H,24,27)(H,23,25,28). The molecule has 1 fully saturated rings. The second kappa shape index (κ2) is 9.80. The number of hydrogen-bond acceptors (Lipinski definition) is 4. The first-order valence-electron chi connectivity index (χ1n) is 9.47. The van der Waals surface area contributed by atoms with Gasteiger partial charge in [0.2, 0.25) is 11.8 Å². The number of aromatic nitrogens is 1. The Balaban J connectivity index is 1.47. The van der Waals surface area contributed by atoms with E-state index in [-0.39, 0.29) is 17.7 Å². The van der Waals surface area contributed by atoms with E-state index in [0.29, 0.717) is 25.5 Å². The molecule has 1 atom stereocenters. The minimum Gasteiger partial charge on any atom is -0.351 e. The van der Waals surface area contributed by atoms with E-state index in [1.807, 2.05) is 37.3 Å². The maximum absolute atomic E-state index is 12.5. The lowest BCUT2D eigenvalue weighted by atomic mass is 9.97. The molecule has 1 aromatic heterocycles. The van der Waals surface area contributed by atoms with Crippen LogP contribution < -0.4 is 10.6 Å². The highest BCUT2D eigenvalue weighted by molar-refractivity contribution is 9.10. The van der Waals surface area contributed by atoms with Crippen LogP contribution in [0.1, 0.15) is 24.0 Å². The van der Waals surface area contributed by atoms with Crippen LogP contribution in [0.5, 0.6) is 0 Å². The van der Waals surface area contributed by atoms with Crippen molar-refractivity contribution in [2.45, 2.75) is 26.3 Å². The molecular weight excluding hydrogens is 420 g/mol. The second-order valence-electron chi connectivity index (χ2n) is 7.13. The first kappa shape index (κ1) is 20.5. The van der Waals surface area contributed by atoms with Crippen LogP contribution in [0.2, 0.25) is 0 Å². The molecule has 6 nitrogen and oxygen atoms in total. The summed E-state index contributed by atoms with van der Waals surface area (Å²) in [6, 6.07) is 11.6. The summed E-state index contributed by atoms with van der Waals surface area (Å²) in [6.45, 7) is 4.29. The number of pyridine rings is 1. The molecule has 1 unspecified atom stereocenters. The van der Waals surface area contributed by atoms with Gasteiger partial charge in [0.25, 0.3) is 0 Å². The second-order valence-corrected chi connectivity index (χ2v) is 8.04. The fourth-order valence-electron chi connectivity index (χ4n) is 3.35. The lowest BCUT2D eigenvalue weighted by Gasteiger charge is -2.31. The molecule has 1 aliphatic rings. The fraction of sp³-hybridized carbons (Fsp3) is 0.381. The van der Waals surface area contributed by atoms with Crippen molar-refractivity contribution in [2.75, 3.05) is 25.0 Å². The highest BCUT2D eigenvalue weighted by Crippen LogP contribution is 2.19. The van der Waals surface area contributed by atoms with Gasteiger partial charge in [-0.2, -0.15) is 0 Å².